The minimum Gasteiger partial charge on any atom is -0.420 e. The minimum absolute atomic E-state index is 0.323. The van der Waals surface area contributed by atoms with Crippen LogP contribution in [0.3, 0.4) is 0 Å². The van der Waals surface area contributed by atoms with Gasteiger partial charge in [0.05, 0.1) is 17.7 Å². The number of para-hydroxylation sites is 1. The highest BCUT2D eigenvalue weighted by Crippen LogP contribution is 2.47. The third kappa shape index (κ3) is 3.74. The SMILES string of the molecule is CCN(CC)CCCCOC1(c2c(C)n(CC)c3ccccc23)OC(=O)c2ccccc21. The van der Waals surface area contributed by atoms with E-state index in [4.69, 9.17) is 9.47 Å². The van der Waals surface area contributed by atoms with Crippen molar-refractivity contribution in [1.29, 1.82) is 0 Å². The number of cyclic esters (lactones) is 1. The van der Waals surface area contributed by atoms with Crippen molar-refractivity contribution in [3.05, 3.63) is 70.9 Å². The van der Waals surface area contributed by atoms with Crippen LogP contribution in [0, 0.1) is 6.92 Å². The molecule has 1 atom stereocenters. The maximum absolute atomic E-state index is 12.9. The molecule has 2 aromatic carbocycles. The zero-order valence-corrected chi connectivity index (χ0v) is 19.7. The molecule has 0 saturated heterocycles. The quantitative estimate of drug-likeness (QED) is 0.313. The third-order valence-corrected chi connectivity index (χ3v) is 6.68. The first-order chi connectivity index (χ1) is 15.6. The van der Waals surface area contributed by atoms with Crippen LogP contribution in [0.2, 0.25) is 0 Å². The zero-order chi connectivity index (χ0) is 22.7. The van der Waals surface area contributed by atoms with Gasteiger partial charge in [-0.25, -0.2) is 4.79 Å². The van der Waals surface area contributed by atoms with Gasteiger partial charge in [-0.05, 0) is 58.5 Å². The lowest BCUT2D eigenvalue weighted by molar-refractivity contribution is -0.174. The smallest absolute Gasteiger partial charge is 0.341 e. The van der Waals surface area contributed by atoms with Crippen molar-refractivity contribution < 1.29 is 14.3 Å². The van der Waals surface area contributed by atoms with Crippen molar-refractivity contribution in [2.24, 2.45) is 0 Å². The third-order valence-electron chi connectivity index (χ3n) is 6.68. The summed E-state index contributed by atoms with van der Waals surface area (Å²) >= 11 is 0. The Hall–Kier alpha value is -2.63. The normalized spacial score (nSPS) is 17.8. The summed E-state index contributed by atoms with van der Waals surface area (Å²) in [6.45, 7) is 13.1. The molecule has 0 spiro atoms. The van der Waals surface area contributed by atoms with E-state index in [1.807, 2.05) is 36.4 Å². The molecular weight excluding hydrogens is 400 g/mol. The molecule has 5 heteroatoms. The Morgan fingerprint density at radius 2 is 1.72 bits per heavy atom. The number of rotatable bonds is 10. The lowest BCUT2D eigenvalue weighted by atomic mass is 9.93. The molecule has 0 radical (unpaired) electrons. The molecule has 0 N–H and O–H groups in total. The molecule has 170 valence electrons. The second kappa shape index (κ2) is 9.47. The van der Waals surface area contributed by atoms with E-state index < -0.39 is 5.79 Å². The largest absolute Gasteiger partial charge is 0.420 e. The molecule has 1 aliphatic rings. The van der Waals surface area contributed by atoms with Crippen molar-refractivity contribution in [2.75, 3.05) is 26.2 Å². The summed E-state index contributed by atoms with van der Waals surface area (Å²) in [6, 6.07) is 15.9. The molecule has 3 aromatic rings. The molecule has 1 aliphatic heterocycles. The number of ether oxygens (including phenoxy) is 2. The monoisotopic (exact) mass is 434 g/mol. The van der Waals surface area contributed by atoms with E-state index in [-0.39, 0.29) is 5.97 Å². The number of nitrogens with zero attached hydrogens (tertiary/aromatic N) is 2. The number of hydrogen-bond acceptors (Lipinski definition) is 4. The molecule has 0 aliphatic carbocycles. The van der Waals surface area contributed by atoms with Crippen LogP contribution in [0.25, 0.3) is 10.9 Å². The number of aryl methyl sites for hydroxylation is 1. The molecular formula is C27H34N2O3. The first-order valence-corrected chi connectivity index (χ1v) is 11.8. The summed E-state index contributed by atoms with van der Waals surface area (Å²) in [6.07, 6.45) is 1.95. The Morgan fingerprint density at radius 1 is 1.00 bits per heavy atom. The predicted octanol–water partition coefficient (Wildman–Crippen LogP) is 5.48. The fourth-order valence-corrected chi connectivity index (χ4v) is 5.00. The van der Waals surface area contributed by atoms with Crippen LogP contribution >= 0.6 is 0 Å². The summed E-state index contributed by atoms with van der Waals surface area (Å²) in [5.41, 5.74) is 4.53. The Bertz CT molecular complexity index is 1100. The van der Waals surface area contributed by atoms with Crippen molar-refractivity contribution in [2.45, 2.75) is 52.9 Å². The Labute approximate surface area is 190 Å². The number of fused-ring (bicyclic) bond motifs is 2. The Kier molecular flexibility index (Phi) is 6.68. The Morgan fingerprint density at radius 3 is 2.47 bits per heavy atom. The summed E-state index contributed by atoms with van der Waals surface area (Å²) < 4.78 is 15.0. The van der Waals surface area contributed by atoms with Crippen molar-refractivity contribution in [1.82, 2.24) is 9.47 Å². The molecule has 1 unspecified atom stereocenters. The van der Waals surface area contributed by atoms with E-state index in [1.165, 1.54) is 0 Å². The number of unbranched alkanes of at least 4 members (excludes halogenated alkanes) is 1. The predicted molar refractivity (Wildman–Crippen MR) is 128 cm³/mol. The molecule has 5 nitrogen and oxygen atoms in total. The van der Waals surface area contributed by atoms with Crippen LogP contribution in [-0.4, -0.2) is 41.7 Å². The molecule has 0 amide bonds. The number of aromatic nitrogens is 1. The Balaban J connectivity index is 1.74. The van der Waals surface area contributed by atoms with E-state index >= 15 is 0 Å². The van der Waals surface area contributed by atoms with Gasteiger partial charge in [-0.15, -0.1) is 0 Å². The van der Waals surface area contributed by atoms with Crippen LogP contribution in [0.5, 0.6) is 0 Å². The number of esters is 1. The van der Waals surface area contributed by atoms with Gasteiger partial charge >= 0.3 is 5.97 Å². The highest BCUT2D eigenvalue weighted by atomic mass is 16.7. The van der Waals surface area contributed by atoms with E-state index in [0.29, 0.717) is 12.2 Å². The van der Waals surface area contributed by atoms with Gasteiger partial charge in [0.25, 0.3) is 5.79 Å². The molecule has 1 aromatic heterocycles. The number of carbonyl (C=O) groups is 1. The lowest BCUT2D eigenvalue weighted by Crippen LogP contribution is -2.33. The number of benzene rings is 2. The van der Waals surface area contributed by atoms with Crippen LogP contribution in [0.1, 0.15) is 60.8 Å². The van der Waals surface area contributed by atoms with Crippen molar-refractivity contribution >= 4 is 16.9 Å². The second-order valence-electron chi connectivity index (χ2n) is 8.36. The van der Waals surface area contributed by atoms with E-state index in [9.17, 15) is 4.79 Å². The van der Waals surface area contributed by atoms with Crippen LogP contribution in [0.15, 0.2) is 48.5 Å². The summed E-state index contributed by atoms with van der Waals surface area (Å²) in [4.78, 5) is 15.3. The van der Waals surface area contributed by atoms with Crippen LogP contribution in [-0.2, 0) is 21.8 Å². The van der Waals surface area contributed by atoms with E-state index in [0.717, 1.165) is 66.7 Å². The maximum atomic E-state index is 12.9. The maximum Gasteiger partial charge on any atom is 0.341 e. The number of carbonyl (C=O) groups excluding carboxylic acids is 1. The molecule has 0 bridgehead atoms. The van der Waals surface area contributed by atoms with Gasteiger partial charge in [0, 0.05) is 28.7 Å². The van der Waals surface area contributed by atoms with Crippen molar-refractivity contribution in [3.63, 3.8) is 0 Å². The highest BCUT2D eigenvalue weighted by Gasteiger charge is 2.50. The standard InChI is InChI=1S/C27H34N2O3/c1-5-28(6-2)18-12-13-19-31-27(23-16-10-8-14-21(23)26(30)32-27)25-20(4)29(7-3)24-17-11-9-15-22(24)25/h8-11,14-17H,5-7,12-13,18-19H2,1-4H3. The lowest BCUT2D eigenvalue weighted by Gasteiger charge is -2.30. The van der Waals surface area contributed by atoms with Crippen molar-refractivity contribution in [3.8, 4) is 0 Å². The molecule has 32 heavy (non-hydrogen) atoms. The molecule has 2 heterocycles. The molecule has 4 rings (SSSR count). The van der Waals surface area contributed by atoms with Gasteiger partial charge in [0.1, 0.15) is 0 Å². The molecule has 0 saturated carbocycles. The van der Waals surface area contributed by atoms with Crippen LogP contribution in [0.4, 0.5) is 0 Å². The fraction of sp³-hybridized carbons (Fsp3) is 0.444. The van der Waals surface area contributed by atoms with Gasteiger partial charge in [0.2, 0.25) is 0 Å². The fourth-order valence-electron chi connectivity index (χ4n) is 5.00. The topological polar surface area (TPSA) is 43.7 Å². The van der Waals surface area contributed by atoms with Gasteiger partial charge in [0.15, 0.2) is 0 Å². The first kappa shape index (κ1) is 22.6. The summed E-state index contributed by atoms with van der Waals surface area (Å²) in [5.74, 6) is -1.54. The first-order valence-electron chi connectivity index (χ1n) is 11.8. The summed E-state index contributed by atoms with van der Waals surface area (Å²) in [5, 5.41) is 1.07. The van der Waals surface area contributed by atoms with E-state index in [2.05, 4.69) is 49.3 Å². The molecule has 0 fully saturated rings. The highest BCUT2D eigenvalue weighted by molar-refractivity contribution is 5.97. The average molecular weight is 435 g/mol. The van der Waals surface area contributed by atoms with Crippen LogP contribution < -0.4 is 0 Å². The average Bonchev–Trinajstić information content (AvgIpc) is 3.27. The number of hydrogen-bond donors (Lipinski definition) is 0. The van der Waals surface area contributed by atoms with Gasteiger partial charge in [-0.2, -0.15) is 0 Å². The van der Waals surface area contributed by atoms with Gasteiger partial charge in [-0.1, -0.05) is 50.2 Å². The second-order valence-corrected chi connectivity index (χ2v) is 8.36. The minimum atomic E-state index is -1.22. The van der Waals surface area contributed by atoms with Gasteiger partial charge < -0.3 is 18.9 Å². The summed E-state index contributed by atoms with van der Waals surface area (Å²) in [7, 11) is 0. The van der Waals surface area contributed by atoms with Gasteiger partial charge in [-0.3, -0.25) is 0 Å². The zero-order valence-electron chi connectivity index (χ0n) is 19.7. The van der Waals surface area contributed by atoms with E-state index in [1.54, 1.807) is 0 Å².